The topological polar surface area (TPSA) is 63.1 Å². The number of likely N-dealkylation sites (tertiary alicyclic amines) is 1. The molecule has 0 saturated carbocycles. The Bertz CT molecular complexity index is 1180. The average Bonchev–Trinajstić information content (AvgIpc) is 3.31. The van der Waals surface area contributed by atoms with Crippen molar-refractivity contribution in [1.29, 1.82) is 0 Å². The number of nitrogens with one attached hydrogen (secondary N) is 1. The van der Waals surface area contributed by atoms with E-state index in [0.717, 1.165) is 13.1 Å². The molecule has 4 aromatic rings. The summed E-state index contributed by atoms with van der Waals surface area (Å²) in [7, 11) is 0. The first kappa shape index (κ1) is 21.0. The molecule has 7 heteroatoms. The summed E-state index contributed by atoms with van der Waals surface area (Å²) in [5.74, 6) is -0.733. The highest BCUT2D eigenvalue weighted by molar-refractivity contribution is 5.93. The number of carbonyl (C=O) groups excluding carboxylic acids is 1. The van der Waals surface area contributed by atoms with Crippen LogP contribution in [-0.2, 0) is 6.54 Å². The average molecular weight is 442 g/mol. The Morgan fingerprint density at radius 3 is 2.30 bits per heavy atom. The van der Waals surface area contributed by atoms with E-state index in [1.165, 1.54) is 29.5 Å². The first-order valence-electron chi connectivity index (χ1n) is 10.9. The first-order valence-corrected chi connectivity index (χ1v) is 10.9. The number of halogens is 1. The van der Waals surface area contributed by atoms with E-state index in [1.807, 2.05) is 16.8 Å². The molecule has 1 fully saturated rings. The smallest absolute Gasteiger partial charge is 0.254 e. The third kappa shape index (κ3) is 4.54. The molecule has 1 N–H and O–H groups in total. The molecule has 3 heterocycles. The highest BCUT2D eigenvalue weighted by Gasteiger charge is 2.35. The number of carbonyl (C=O) groups is 1. The van der Waals surface area contributed by atoms with Gasteiger partial charge in [-0.1, -0.05) is 60.7 Å². The second-order valence-electron chi connectivity index (χ2n) is 8.16. The van der Waals surface area contributed by atoms with Gasteiger partial charge in [-0.15, -0.1) is 0 Å². The Labute approximate surface area is 191 Å². The maximum absolute atomic E-state index is 13.7. The minimum Gasteiger partial charge on any atom is -0.346 e. The van der Waals surface area contributed by atoms with Crippen LogP contribution >= 0.6 is 0 Å². The van der Waals surface area contributed by atoms with Crippen LogP contribution in [-0.4, -0.2) is 38.7 Å². The van der Waals surface area contributed by atoms with Crippen molar-refractivity contribution in [2.45, 2.75) is 18.6 Å². The fourth-order valence-corrected chi connectivity index (χ4v) is 4.22. The summed E-state index contributed by atoms with van der Waals surface area (Å²) in [6.45, 7) is 1.69. The van der Waals surface area contributed by atoms with Gasteiger partial charge in [-0.2, -0.15) is 5.10 Å². The van der Waals surface area contributed by atoms with Crippen molar-refractivity contribution >= 4 is 5.91 Å². The third-order valence-corrected chi connectivity index (χ3v) is 5.98. The van der Waals surface area contributed by atoms with Crippen LogP contribution in [0.5, 0.6) is 0 Å². The predicted octanol–water partition coefficient (Wildman–Crippen LogP) is 3.99. The van der Waals surface area contributed by atoms with Crippen LogP contribution in [0.1, 0.15) is 39.3 Å². The SMILES string of the molecule is O=C(NCc1ncccc1F)c1cnn(C2CN(C(c3ccccc3)c3ccccc3)C2)c1. The van der Waals surface area contributed by atoms with Crippen molar-refractivity contribution in [2.24, 2.45) is 0 Å². The number of hydrogen-bond acceptors (Lipinski definition) is 4. The fraction of sp³-hybridized carbons (Fsp3) is 0.192. The molecule has 0 bridgehead atoms. The highest BCUT2D eigenvalue weighted by atomic mass is 19.1. The van der Waals surface area contributed by atoms with E-state index in [-0.39, 0.29) is 30.2 Å². The number of benzene rings is 2. The lowest BCUT2D eigenvalue weighted by atomic mass is 9.93. The summed E-state index contributed by atoms with van der Waals surface area (Å²) >= 11 is 0. The van der Waals surface area contributed by atoms with Gasteiger partial charge in [-0.25, -0.2) is 4.39 Å². The second kappa shape index (κ2) is 9.34. The van der Waals surface area contributed by atoms with E-state index in [4.69, 9.17) is 0 Å². The van der Waals surface area contributed by atoms with Crippen LogP contribution < -0.4 is 5.32 Å². The summed E-state index contributed by atoms with van der Waals surface area (Å²) in [5, 5.41) is 7.12. The molecule has 0 spiro atoms. The predicted molar refractivity (Wildman–Crippen MR) is 123 cm³/mol. The molecule has 1 aliphatic rings. The van der Waals surface area contributed by atoms with Gasteiger partial charge in [0.1, 0.15) is 5.82 Å². The highest BCUT2D eigenvalue weighted by Crippen LogP contribution is 2.35. The molecule has 2 aromatic heterocycles. The van der Waals surface area contributed by atoms with Gasteiger partial charge < -0.3 is 5.32 Å². The van der Waals surface area contributed by atoms with Gasteiger partial charge >= 0.3 is 0 Å². The Morgan fingerprint density at radius 2 is 1.67 bits per heavy atom. The summed E-state index contributed by atoms with van der Waals surface area (Å²) in [4.78, 5) is 18.9. The molecule has 5 rings (SSSR count). The van der Waals surface area contributed by atoms with Crippen LogP contribution in [0, 0.1) is 5.82 Å². The first-order chi connectivity index (χ1) is 16.2. The van der Waals surface area contributed by atoms with Gasteiger partial charge in [0, 0.05) is 25.5 Å². The molecule has 0 unspecified atom stereocenters. The van der Waals surface area contributed by atoms with Crippen molar-refractivity contribution in [3.63, 3.8) is 0 Å². The molecule has 2 aromatic carbocycles. The maximum atomic E-state index is 13.7. The Morgan fingerprint density at radius 1 is 1.00 bits per heavy atom. The largest absolute Gasteiger partial charge is 0.346 e. The Balaban J connectivity index is 1.24. The molecule has 1 amide bonds. The van der Waals surface area contributed by atoms with Crippen LogP contribution in [0.15, 0.2) is 91.4 Å². The number of nitrogens with zero attached hydrogens (tertiary/aromatic N) is 4. The van der Waals surface area contributed by atoms with Crippen LogP contribution in [0.2, 0.25) is 0 Å². The van der Waals surface area contributed by atoms with E-state index in [0.29, 0.717) is 5.56 Å². The van der Waals surface area contributed by atoms with Crippen molar-refractivity contribution in [3.05, 3.63) is 120 Å². The van der Waals surface area contributed by atoms with Crippen molar-refractivity contribution < 1.29 is 9.18 Å². The van der Waals surface area contributed by atoms with Crippen LogP contribution in [0.3, 0.4) is 0 Å². The zero-order chi connectivity index (χ0) is 22.6. The van der Waals surface area contributed by atoms with Gasteiger partial charge in [0.2, 0.25) is 0 Å². The molecule has 33 heavy (non-hydrogen) atoms. The molecular formula is C26H24FN5O. The Hall–Kier alpha value is -3.84. The Kier molecular flexibility index (Phi) is 5.95. The summed E-state index contributed by atoms with van der Waals surface area (Å²) in [6.07, 6.45) is 4.81. The molecular weight excluding hydrogens is 417 g/mol. The second-order valence-corrected chi connectivity index (χ2v) is 8.16. The van der Waals surface area contributed by atoms with Crippen molar-refractivity contribution in [2.75, 3.05) is 13.1 Å². The van der Waals surface area contributed by atoms with E-state index >= 15 is 0 Å². The zero-order valence-corrected chi connectivity index (χ0v) is 18.0. The molecule has 1 aliphatic heterocycles. The van der Waals surface area contributed by atoms with Gasteiger partial charge in [-0.05, 0) is 23.3 Å². The number of aromatic nitrogens is 3. The molecule has 6 nitrogen and oxygen atoms in total. The summed E-state index contributed by atoms with van der Waals surface area (Å²) < 4.78 is 15.6. The van der Waals surface area contributed by atoms with E-state index in [2.05, 4.69) is 68.8 Å². The molecule has 166 valence electrons. The van der Waals surface area contributed by atoms with E-state index in [1.54, 1.807) is 12.4 Å². The molecule has 1 saturated heterocycles. The quantitative estimate of drug-likeness (QED) is 0.471. The van der Waals surface area contributed by atoms with Gasteiger partial charge in [0.15, 0.2) is 0 Å². The molecule has 0 atom stereocenters. The third-order valence-electron chi connectivity index (χ3n) is 5.98. The lowest BCUT2D eigenvalue weighted by Gasteiger charge is -2.44. The lowest BCUT2D eigenvalue weighted by molar-refractivity contribution is 0.0681. The van der Waals surface area contributed by atoms with Gasteiger partial charge in [0.05, 0.1) is 36.1 Å². The number of amides is 1. The maximum Gasteiger partial charge on any atom is 0.254 e. The standard InChI is InChI=1S/C26H24FN5O/c27-23-12-7-13-28-24(23)15-29-26(33)21-14-30-32(16-21)22-17-31(18-22)25(19-8-3-1-4-9-19)20-10-5-2-6-11-20/h1-14,16,22,25H,15,17-18H2,(H,29,33). The number of pyridine rings is 1. The number of rotatable bonds is 7. The van der Waals surface area contributed by atoms with Crippen molar-refractivity contribution in [3.8, 4) is 0 Å². The fourth-order valence-electron chi connectivity index (χ4n) is 4.22. The van der Waals surface area contributed by atoms with E-state index < -0.39 is 5.82 Å². The molecule has 0 aliphatic carbocycles. The number of hydrogen-bond donors (Lipinski definition) is 1. The minimum atomic E-state index is -0.436. The normalized spacial score (nSPS) is 14.2. The zero-order valence-electron chi connectivity index (χ0n) is 18.0. The van der Waals surface area contributed by atoms with Crippen molar-refractivity contribution in [1.82, 2.24) is 25.0 Å². The van der Waals surface area contributed by atoms with E-state index in [9.17, 15) is 9.18 Å². The van der Waals surface area contributed by atoms with Crippen LogP contribution in [0.25, 0.3) is 0 Å². The minimum absolute atomic E-state index is 0.0315. The summed E-state index contributed by atoms with van der Waals surface area (Å²) in [6, 6.07) is 24.2. The van der Waals surface area contributed by atoms with Crippen LogP contribution in [0.4, 0.5) is 4.39 Å². The molecule has 0 radical (unpaired) electrons. The summed E-state index contributed by atoms with van der Waals surface area (Å²) in [5.41, 5.74) is 3.17. The van der Waals surface area contributed by atoms with Gasteiger partial charge in [-0.3, -0.25) is 19.4 Å². The monoisotopic (exact) mass is 441 g/mol. The lowest BCUT2D eigenvalue weighted by Crippen LogP contribution is -2.49. The van der Waals surface area contributed by atoms with Gasteiger partial charge in [0.25, 0.3) is 5.91 Å².